The standard InChI is InChI=1S/C25H34FN3O5S/c1-7-34-22-11-9-8-10-21(22)29(35(6,32)33)17-23(30)28(16-19-12-14-20(26)15-13-19)18(2)24(31)27-25(3,4)5/h8-15,18H,7,16-17H2,1-6H3,(H,27,31). The van der Waals surface area contributed by atoms with Gasteiger partial charge in [0.15, 0.2) is 0 Å². The molecule has 0 bridgehead atoms. The highest BCUT2D eigenvalue weighted by atomic mass is 32.2. The molecule has 8 nitrogen and oxygen atoms in total. The Hall–Kier alpha value is -3.14. The maximum absolute atomic E-state index is 13.6. The van der Waals surface area contributed by atoms with Crippen molar-refractivity contribution in [2.75, 3.05) is 23.7 Å². The first kappa shape index (κ1) is 28.1. The van der Waals surface area contributed by atoms with Gasteiger partial charge in [0.2, 0.25) is 21.8 Å². The van der Waals surface area contributed by atoms with Crippen LogP contribution in [0.5, 0.6) is 5.75 Å². The molecule has 192 valence electrons. The van der Waals surface area contributed by atoms with Gasteiger partial charge in [0.05, 0.1) is 18.6 Å². The molecule has 0 heterocycles. The van der Waals surface area contributed by atoms with Gasteiger partial charge in [-0.05, 0) is 64.4 Å². The van der Waals surface area contributed by atoms with Crippen LogP contribution in [0.1, 0.15) is 40.2 Å². The lowest BCUT2D eigenvalue weighted by molar-refractivity contribution is -0.140. The molecule has 0 saturated carbocycles. The van der Waals surface area contributed by atoms with Gasteiger partial charge < -0.3 is 15.0 Å². The molecule has 2 rings (SSSR count). The second-order valence-electron chi connectivity index (χ2n) is 9.23. The van der Waals surface area contributed by atoms with Crippen molar-refractivity contribution in [1.82, 2.24) is 10.2 Å². The number of carbonyl (C=O) groups excluding carboxylic acids is 2. The van der Waals surface area contributed by atoms with Crippen LogP contribution in [0.2, 0.25) is 0 Å². The number of sulfonamides is 1. The first-order chi connectivity index (χ1) is 16.2. The van der Waals surface area contributed by atoms with E-state index in [0.717, 1.165) is 10.6 Å². The van der Waals surface area contributed by atoms with Crippen molar-refractivity contribution >= 4 is 27.5 Å². The predicted octanol–water partition coefficient (Wildman–Crippen LogP) is 3.32. The number of halogens is 1. The van der Waals surface area contributed by atoms with Crippen LogP contribution in [-0.2, 0) is 26.2 Å². The van der Waals surface area contributed by atoms with E-state index in [2.05, 4.69) is 5.32 Å². The minimum Gasteiger partial charge on any atom is -0.492 e. The summed E-state index contributed by atoms with van der Waals surface area (Å²) in [5.74, 6) is -1.10. The van der Waals surface area contributed by atoms with Gasteiger partial charge in [0, 0.05) is 12.1 Å². The normalized spacial score (nSPS) is 12.5. The molecule has 0 fully saturated rings. The minimum atomic E-state index is -3.88. The van der Waals surface area contributed by atoms with E-state index in [4.69, 9.17) is 4.74 Å². The van der Waals surface area contributed by atoms with Gasteiger partial charge in [0.1, 0.15) is 24.2 Å². The second-order valence-corrected chi connectivity index (χ2v) is 11.1. The van der Waals surface area contributed by atoms with Crippen LogP contribution >= 0.6 is 0 Å². The van der Waals surface area contributed by atoms with Crippen molar-refractivity contribution in [1.29, 1.82) is 0 Å². The van der Waals surface area contributed by atoms with Gasteiger partial charge in [-0.15, -0.1) is 0 Å². The number of rotatable bonds is 10. The molecule has 0 aliphatic rings. The number of hydrogen-bond donors (Lipinski definition) is 1. The van der Waals surface area contributed by atoms with E-state index in [-0.39, 0.29) is 12.2 Å². The van der Waals surface area contributed by atoms with E-state index < -0.39 is 45.8 Å². The Morgan fingerprint density at radius 2 is 1.69 bits per heavy atom. The summed E-state index contributed by atoms with van der Waals surface area (Å²) in [7, 11) is -3.88. The third kappa shape index (κ3) is 8.24. The average molecular weight is 508 g/mol. The predicted molar refractivity (Wildman–Crippen MR) is 134 cm³/mol. The molecule has 2 amide bonds. The Morgan fingerprint density at radius 1 is 1.09 bits per heavy atom. The summed E-state index contributed by atoms with van der Waals surface area (Å²) >= 11 is 0. The fourth-order valence-corrected chi connectivity index (χ4v) is 4.23. The van der Waals surface area contributed by atoms with E-state index >= 15 is 0 Å². The molecular weight excluding hydrogens is 473 g/mol. The largest absolute Gasteiger partial charge is 0.492 e. The summed E-state index contributed by atoms with van der Waals surface area (Å²) in [6.07, 6.45) is 1.00. The lowest BCUT2D eigenvalue weighted by Crippen LogP contribution is -2.54. The van der Waals surface area contributed by atoms with Crippen molar-refractivity contribution in [3.05, 3.63) is 59.9 Å². The average Bonchev–Trinajstić information content (AvgIpc) is 2.75. The summed E-state index contributed by atoms with van der Waals surface area (Å²) in [6.45, 7) is 8.55. The quantitative estimate of drug-likeness (QED) is 0.532. The molecule has 0 aliphatic carbocycles. The molecule has 1 atom stereocenters. The number of carbonyl (C=O) groups is 2. The van der Waals surface area contributed by atoms with Gasteiger partial charge in [0.25, 0.3) is 0 Å². The number of nitrogens with zero attached hydrogens (tertiary/aromatic N) is 2. The van der Waals surface area contributed by atoms with E-state index in [1.165, 1.54) is 29.2 Å². The highest BCUT2D eigenvalue weighted by Gasteiger charge is 2.32. The number of hydrogen-bond acceptors (Lipinski definition) is 5. The molecule has 35 heavy (non-hydrogen) atoms. The zero-order valence-corrected chi connectivity index (χ0v) is 21.9. The third-order valence-corrected chi connectivity index (χ3v) is 6.17. The van der Waals surface area contributed by atoms with Crippen LogP contribution in [0.3, 0.4) is 0 Å². The SMILES string of the molecule is CCOc1ccccc1N(CC(=O)N(Cc1ccc(F)cc1)C(C)C(=O)NC(C)(C)C)S(C)(=O)=O. The third-order valence-electron chi connectivity index (χ3n) is 5.04. The molecule has 0 aromatic heterocycles. The molecule has 10 heteroatoms. The Balaban J connectivity index is 2.44. The monoisotopic (exact) mass is 507 g/mol. The van der Waals surface area contributed by atoms with E-state index in [1.807, 2.05) is 20.8 Å². The Bertz CT molecular complexity index is 1130. The summed E-state index contributed by atoms with van der Waals surface area (Å²) in [4.78, 5) is 27.8. The number of anilines is 1. The number of amides is 2. The van der Waals surface area contributed by atoms with Gasteiger partial charge in [-0.2, -0.15) is 0 Å². The molecule has 1 unspecified atom stereocenters. The molecular formula is C25H34FN3O5S. The van der Waals surface area contributed by atoms with Crippen molar-refractivity contribution in [3.63, 3.8) is 0 Å². The van der Waals surface area contributed by atoms with Gasteiger partial charge in [-0.3, -0.25) is 13.9 Å². The fraction of sp³-hybridized carbons (Fsp3) is 0.440. The van der Waals surface area contributed by atoms with Crippen molar-refractivity contribution in [2.24, 2.45) is 0 Å². The van der Waals surface area contributed by atoms with Crippen molar-refractivity contribution in [2.45, 2.75) is 52.7 Å². The lowest BCUT2D eigenvalue weighted by atomic mass is 10.1. The Labute approximate surface area is 207 Å². The summed E-state index contributed by atoms with van der Waals surface area (Å²) in [5, 5.41) is 2.85. The molecule has 0 radical (unpaired) electrons. The summed E-state index contributed by atoms with van der Waals surface area (Å²) in [6, 6.07) is 11.2. The highest BCUT2D eigenvalue weighted by molar-refractivity contribution is 7.92. The minimum absolute atomic E-state index is 0.0114. The number of nitrogens with one attached hydrogen (secondary N) is 1. The van der Waals surface area contributed by atoms with Crippen LogP contribution in [0.25, 0.3) is 0 Å². The maximum Gasteiger partial charge on any atom is 0.244 e. The smallest absolute Gasteiger partial charge is 0.244 e. The summed E-state index contributed by atoms with van der Waals surface area (Å²) in [5.41, 5.74) is 0.278. The zero-order chi connectivity index (χ0) is 26.4. The van der Waals surface area contributed by atoms with Crippen LogP contribution < -0.4 is 14.4 Å². The number of para-hydroxylation sites is 2. The maximum atomic E-state index is 13.6. The Morgan fingerprint density at radius 3 is 2.23 bits per heavy atom. The fourth-order valence-electron chi connectivity index (χ4n) is 3.38. The summed E-state index contributed by atoms with van der Waals surface area (Å²) < 4.78 is 45.4. The van der Waals surface area contributed by atoms with Crippen LogP contribution in [0.15, 0.2) is 48.5 Å². The number of benzene rings is 2. The molecule has 2 aromatic rings. The van der Waals surface area contributed by atoms with Crippen LogP contribution in [0.4, 0.5) is 10.1 Å². The van der Waals surface area contributed by atoms with Gasteiger partial charge in [-0.25, -0.2) is 12.8 Å². The molecule has 0 spiro atoms. The van der Waals surface area contributed by atoms with Crippen molar-refractivity contribution < 1.29 is 27.1 Å². The topological polar surface area (TPSA) is 96.0 Å². The lowest BCUT2D eigenvalue weighted by Gasteiger charge is -2.33. The van der Waals surface area contributed by atoms with Gasteiger partial charge in [-0.1, -0.05) is 24.3 Å². The van der Waals surface area contributed by atoms with Crippen LogP contribution in [-0.4, -0.2) is 56.1 Å². The first-order valence-corrected chi connectivity index (χ1v) is 13.1. The molecule has 1 N–H and O–H groups in total. The van der Waals surface area contributed by atoms with E-state index in [9.17, 15) is 22.4 Å². The highest BCUT2D eigenvalue weighted by Crippen LogP contribution is 2.30. The molecule has 0 aliphatic heterocycles. The van der Waals surface area contributed by atoms with Crippen LogP contribution in [0, 0.1) is 5.82 Å². The van der Waals surface area contributed by atoms with Gasteiger partial charge >= 0.3 is 0 Å². The molecule has 2 aromatic carbocycles. The zero-order valence-electron chi connectivity index (χ0n) is 21.0. The second kappa shape index (κ2) is 11.5. The molecule has 0 saturated heterocycles. The first-order valence-electron chi connectivity index (χ1n) is 11.3. The Kier molecular flexibility index (Phi) is 9.25. The van der Waals surface area contributed by atoms with E-state index in [0.29, 0.717) is 17.9 Å². The van der Waals surface area contributed by atoms with Crippen molar-refractivity contribution in [3.8, 4) is 5.75 Å². The number of ether oxygens (including phenoxy) is 1. The van der Waals surface area contributed by atoms with E-state index in [1.54, 1.807) is 38.1 Å².